The number of fused-ring (bicyclic) bond motifs is 1. The molecule has 4 heteroatoms. The van der Waals surface area contributed by atoms with Crippen molar-refractivity contribution in [2.45, 2.75) is 20.0 Å². The number of benzene rings is 2. The number of nitrogens with one attached hydrogen (secondary N) is 2. The molecule has 0 aliphatic carbocycles. The smallest absolute Gasteiger partial charge is 0.255 e. The van der Waals surface area contributed by atoms with E-state index >= 15 is 0 Å². The molecule has 3 rings (SSSR count). The number of anilines is 1. The molecule has 21 heavy (non-hydrogen) atoms. The summed E-state index contributed by atoms with van der Waals surface area (Å²) in [6.45, 7) is 4.61. The summed E-state index contributed by atoms with van der Waals surface area (Å²) in [5.41, 5.74) is 3.68. The van der Waals surface area contributed by atoms with Crippen molar-refractivity contribution in [2.24, 2.45) is 0 Å². The summed E-state index contributed by atoms with van der Waals surface area (Å²) in [6, 6.07) is 13.5. The van der Waals surface area contributed by atoms with Crippen LogP contribution in [0.5, 0.6) is 5.75 Å². The summed E-state index contributed by atoms with van der Waals surface area (Å²) in [6.07, 6.45) is -0.220. The molecule has 0 saturated carbocycles. The van der Waals surface area contributed by atoms with E-state index in [-0.39, 0.29) is 12.1 Å². The van der Waals surface area contributed by atoms with Crippen molar-refractivity contribution < 1.29 is 9.53 Å². The van der Waals surface area contributed by atoms with Gasteiger partial charge >= 0.3 is 0 Å². The first-order valence-electron chi connectivity index (χ1n) is 7.08. The minimum Gasteiger partial charge on any atom is -0.494 e. The second-order valence-corrected chi connectivity index (χ2v) is 5.10. The minimum absolute atomic E-state index is 0.0531. The number of hydrogen-bond donors (Lipinski definition) is 2. The Bertz CT molecular complexity index is 665. The van der Waals surface area contributed by atoms with E-state index in [1.165, 1.54) is 0 Å². The van der Waals surface area contributed by atoms with Crippen LogP contribution >= 0.6 is 0 Å². The third kappa shape index (κ3) is 2.70. The van der Waals surface area contributed by atoms with E-state index in [2.05, 4.69) is 10.6 Å². The van der Waals surface area contributed by atoms with Crippen molar-refractivity contribution in [1.29, 1.82) is 0 Å². The number of ether oxygens (including phenoxy) is 1. The zero-order valence-electron chi connectivity index (χ0n) is 12.1. The Labute approximate surface area is 124 Å². The van der Waals surface area contributed by atoms with Crippen LogP contribution in [0.15, 0.2) is 42.5 Å². The topological polar surface area (TPSA) is 50.4 Å². The Hall–Kier alpha value is -2.49. The fourth-order valence-corrected chi connectivity index (χ4v) is 2.47. The van der Waals surface area contributed by atoms with E-state index in [0.717, 1.165) is 22.6 Å². The zero-order valence-corrected chi connectivity index (χ0v) is 12.1. The Morgan fingerprint density at radius 2 is 1.86 bits per heavy atom. The zero-order chi connectivity index (χ0) is 14.8. The molecule has 1 amide bonds. The van der Waals surface area contributed by atoms with Crippen LogP contribution in [-0.2, 0) is 0 Å². The van der Waals surface area contributed by atoms with Crippen molar-refractivity contribution in [2.75, 3.05) is 11.9 Å². The molecule has 1 unspecified atom stereocenters. The number of amides is 1. The van der Waals surface area contributed by atoms with Gasteiger partial charge in [-0.15, -0.1) is 0 Å². The molecule has 1 aliphatic rings. The average molecular weight is 282 g/mol. The first-order chi connectivity index (χ1) is 10.2. The molecule has 0 aromatic heterocycles. The summed E-state index contributed by atoms with van der Waals surface area (Å²) >= 11 is 0. The van der Waals surface area contributed by atoms with Crippen molar-refractivity contribution in [1.82, 2.24) is 5.32 Å². The third-order valence-electron chi connectivity index (χ3n) is 3.52. The van der Waals surface area contributed by atoms with Gasteiger partial charge in [0.15, 0.2) is 0 Å². The van der Waals surface area contributed by atoms with E-state index in [9.17, 15) is 4.79 Å². The monoisotopic (exact) mass is 282 g/mol. The van der Waals surface area contributed by atoms with Gasteiger partial charge in [0.2, 0.25) is 0 Å². The van der Waals surface area contributed by atoms with Crippen LogP contribution in [0.25, 0.3) is 0 Å². The molecule has 0 radical (unpaired) electrons. The lowest BCUT2D eigenvalue weighted by atomic mass is 10.0. The van der Waals surface area contributed by atoms with Gasteiger partial charge < -0.3 is 15.4 Å². The van der Waals surface area contributed by atoms with Crippen LogP contribution in [-0.4, -0.2) is 12.5 Å². The molecule has 1 aliphatic heterocycles. The fraction of sp³-hybridized carbons (Fsp3) is 0.235. The molecule has 0 bridgehead atoms. The number of rotatable bonds is 3. The van der Waals surface area contributed by atoms with E-state index in [1.807, 2.05) is 56.3 Å². The molecular formula is C17H18N2O2. The Morgan fingerprint density at radius 3 is 2.57 bits per heavy atom. The van der Waals surface area contributed by atoms with Gasteiger partial charge in [0.1, 0.15) is 11.9 Å². The highest BCUT2D eigenvalue weighted by Gasteiger charge is 2.24. The second-order valence-electron chi connectivity index (χ2n) is 5.10. The SMILES string of the molecule is CCOc1ccc(C2NC(=O)c3ccc(C)cc3N2)cc1. The van der Waals surface area contributed by atoms with E-state index in [0.29, 0.717) is 12.2 Å². The van der Waals surface area contributed by atoms with Crippen molar-refractivity contribution in [3.05, 3.63) is 59.2 Å². The van der Waals surface area contributed by atoms with Crippen LogP contribution in [0.2, 0.25) is 0 Å². The van der Waals surface area contributed by atoms with Gasteiger partial charge in [0.25, 0.3) is 5.91 Å². The van der Waals surface area contributed by atoms with Gasteiger partial charge in [-0.25, -0.2) is 0 Å². The highest BCUT2D eigenvalue weighted by molar-refractivity contribution is 6.01. The normalized spacial score (nSPS) is 16.7. The Kier molecular flexibility index (Phi) is 3.52. The molecule has 2 aromatic rings. The summed E-state index contributed by atoms with van der Waals surface area (Å²) in [4.78, 5) is 12.2. The summed E-state index contributed by atoms with van der Waals surface area (Å²) in [7, 11) is 0. The first-order valence-corrected chi connectivity index (χ1v) is 7.08. The molecular weight excluding hydrogens is 264 g/mol. The summed E-state index contributed by atoms with van der Waals surface area (Å²) in [5.74, 6) is 0.780. The molecule has 108 valence electrons. The lowest BCUT2D eigenvalue weighted by molar-refractivity contribution is 0.0935. The van der Waals surface area contributed by atoms with Gasteiger partial charge in [0.05, 0.1) is 12.2 Å². The van der Waals surface area contributed by atoms with Crippen molar-refractivity contribution >= 4 is 11.6 Å². The van der Waals surface area contributed by atoms with E-state index in [4.69, 9.17) is 4.74 Å². The third-order valence-corrected chi connectivity index (χ3v) is 3.52. The highest BCUT2D eigenvalue weighted by atomic mass is 16.5. The highest BCUT2D eigenvalue weighted by Crippen LogP contribution is 2.28. The molecule has 2 aromatic carbocycles. The maximum atomic E-state index is 12.2. The lowest BCUT2D eigenvalue weighted by Gasteiger charge is -2.28. The fourth-order valence-electron chi connectivity index (χ4n) is 2.47. The van der Waals surface area contributed by atoms with E-state index < -0.39 is 0 Å². The van der Waals surface area contributed by atoms with E-state index in [1.54, 1.807) is 0 Å². The Balaban J connectivity index is 1.86. The number of aryl methyl sites for hydroxylation is 1. The van der Waals surface area contributed by atoms with Crippen molar-refractivity contribution in [3.63, 3.8) is 0 Å². The maximum Gasteiger partial charge on any atom is 0.255 e. The van der Waals surface area contributed by atoms with Crippen LogP contribution in [0.3, 0.4) is 0 Å². The first kappa shape index (κ1) is 13.5. The maximum absolute atomic E-state index is 12.2. The molecule has 4 nitrogen and oxygen atoms in total. The van der Waals surface area contributed by atoms with Crippen molar-refractivity contribution in [3.8, 4) is 5.75 Å². The van der Waals surface area contributed by atoms with Gasteiger partial charge in [0, 0.05) is 5.69 Å². The molecule has 2 N–H and O–H groups in total. The standard InChI is InChI=1S/C17H18N2O2/c1-3-21-13-7-5-12(6-8-13)16-18-15-10-11(2)4-9-14(15)17(20)19-16/h4-10,16,18H,3H2,1-2H3,(H,19,20). The largest absolute Gasteiger partial charge is 0.494 e. The number of carbonyl (C=O) groups excluding carboxylic acids is 1. The molecule has 0 fully saturated rings. The molecule has 1 heterocycles. The van der Waals surface area contributed by atoms with Crippen LogP contribution in [0.4, 0.5) is 5.69 Å². The van der Waals surface area contributed by atoms with Crippen LogP contribution in [0.1, 0.15) is 34.6 Å². The number of carbonyl (C=O) groups is 1. The van der Waals surface area contributed by atoms with Crippen LogP contribution < -0.4 is 15.4 Å². The molecule has 1 atom stereocenters. The van der Waals surface area contributed by atoms with Gasteiger partial charge in [-0.05, 0) is 49.2 Å². The van der Waals surface area contributed by atoms with Gasteiger partial charge in [-0.1, -0.05) is 18.2 Å². The quantitative estimate of drug-likeness (QED) is 0.908. The summed E-state index contributed by atoms with van der Waals surface area (Å²) < 4.78 is 5.43. The molecule has 0 saturated heterocycles. The Morgan fingerprint density at radius 1 is 1.10 bits per heavy atom. The summed E-state index contributed by atoms with van der Waals surface area (Å²) in [5, 5.41) is 6.33. The molecule has 0 spiro atoms. The van der Waals surface area contributed by atoms with Gasteiger partial charge in [-0.3, -0.25) is 4.79 Å². The number of hydrogen-bond acceptors (Lipinski definition) is 3. The lowest BCUT2D eigenvalue weighted by Crippen LogP contribution is -2.38. The van der Waals surface area contributed by atoms with Crippen LogP contribution in [0, 0.1) is 6.92 Å². The predicted octanol–water partition coefficient (Wildman–Crippen LogP) is 3.25. The minimum atomic E-state index is -0.220. The van der Waals surface area contributed by atoms with Gasteiger partial charge in [-0.2, -0.15) is 0 Å². The second kappa shape index (κ2) is 5.48. The average Bonchev–Trinajstić information content (AvgIpc) is 2.48. The predicted molar refractivity (Wildman–Crippen MR) is 82.6 cm³/mol.